The molecule has 0 saturated carbocycles. The quantitative estimate of drug-likeness (QED) is 0.514. The Morgan fingerprint density at radius 2 is 1.95 bits per heavy atom. The second-order valence-corrected chi connectivity index (χ2v) is 5.31. The Hall–Kier alpha value is -2.10. The van der Waals surface area contributed by atoms with Crippen LogP contribution in [0.4, 0.5) is 0 Å². The fraction of sp³-hybridized carbons (Fsp3) is 0.333. The van der Waals surface area contributed by atoms with Crippen LogP contribution in [0.3, 0.4) is 0 Å². The molecule has 0 radical (unpaired) electrons. The molecule has 4 heteroatoms. The van der Waals surface area contributed by atoms with Crippen molar-refractivity contribution in [1.29, 1.82) is 0 Å². The maximum Gasteiger partial charge on any atom is 0.255 e. The number of benzene rings is 1. The third kappa shape index (κ3) is 2.38. The molecule has 1 N–H and O–H groups in total. The van der Waals surface area contributed by atoms with Crippen molar-refractivity contribution in [2.24, 2.45) is 5.16 Å². The van der Waals surface area contributed by atoms with Gasteiger partial charge in [-0.1, -0.05) is 35.5 Å². The fourth-order valence-corrected chi connectivity index (χ4v) is 2.36. The summed E-state index contributed by atoms with van der Waals surface area (Å²) in [6, 6.07) is 9.65. The van der Waals surface area contributed by atoms with Gasteiger partial charge in [-0.3, -0.25) is 4.79 Å². The van der Waals surface area contributed by atoms with Gasteiger partial charge in [0.25, 0.3) is 5.91 Å². The van der Waals surface area contributed by atoms with Gasteiger partial charge < -0.3 is 10.1 Å². The monoisotopic (exact) mass is 258 g/mol. The summed E-state index contributed by atoms with van der Waals surface area (Å²) >= 11 is 0. The number of hydrogen-bond donors (Lipinski definition) is 1. The third-order valence-corrected chi connectivity index (χ3v) is 3.41. The van der Waals surface area contributed by atoms with Gasteiger partial charge in [0.2, 0.25) is 0 Å². The Labute approximate surface area is 113 Å². The summed E-state index contributed by atoms with van der Waals surface area (Å²) < 4.78 is 0. The summed E-state index contributed by atoms with van der Waals surface area (Å²) in [5, 5.41) is 11.8. The highest BCUT2D eigenvalue weighted by Gasteiger charge is 2.37. The van der Waals surface area contributed by atoms with Gasteiger partial charge in [0.15, 0.2) is 0 Å². The van der Waals surface area contributed by atoms with Gasteiger partial charge in [0.05, 0.1) is 11.8 Å². The molecule has 0 bridgehead atoms. The van der Waals surface area contributed by atoms with Crippen LogP contribution < -0.4 is 0 Å². The Bertz CT molecular complexity index is 545. The average molecular weight is 258 g/mol. The van der Waals surface area contributed by atoms with Crippen LogP contribution in [-0.2, 0) is 4.79 Å². The molecule has 100 valence electrons. The molecule has 0 fully saturated rings. The van der Waals surface area contributed by atoms with Gasteiger partial charge in [0, 0.05) is 12.1 Å². The Kier molecular flexibility index (Phi) is 3.42. The second-order valence-electron chi connectivity index (χ2n) is 5.31. The van der Waals surface area contributed by atoms with Gasteiger partial charge in [-0.15, -0.1) is 0 Å². The third-order valence-electron chi connectivity index (χ3n) is 3.41. The molecule has 4 nitrogen and oxygen atoms in total. The highest BCUT2D eigenvalue weighted by atomic mass is 16.4. The first-order chi connectivity index (χ1) is 8.97. The van der Waals surface area contributed by atoms with Gasteiger partial charge in [-0.2, -0.15) is 0 Å². The Balaban J connectivity index is 2.35. The Morgan fingerprint density at radius 1 is 1.32 bits per heavy atom. The predicted octanol–water partition coefficient (Wildman–Crippen LogP) is 2.54. The minimum atomic E-state index is -0.608. The number of nitrogens with zero attached hydrogens (tertiary/aromatic N) is 2. The van der Waals surface area contributed by atoms with Gasteiger partial charge in [-0.05, 0) is 31.9 Å². The van der Waals surface area contributed by atoms with Crippen LogP contribution in [0.5, 0.6) is 0 Å². The maximum atomic E-state index is 12.6. The highest BCUT2D eigenvalue weighted by molar-refractivity contribution is 6.23. The van der Waals surface area contributed by atoms with Crippen LogP contribution in [0.15, 0.2) is 41.1 Å². The molecule has 0 unspecified atom stereocenters. The smallest absolute Gasteiger partial charge is 0.255 e. The zero-order valence-electron chi connectivity index (χ0n) is 11.4. The lowest BCUT2D eigenvalue weighted by Gasteiger charge is -2.32. The number of carbonyl (C=O) groups excluding carboxylic acids is 1. The zero-order valence-corrected chi connectivity index (χ0v) is 11.4. The van der Waals surface area contributed by atoms with Gasteiger partial charge in [0.1, 0.15) is 0 Å². The van der Waals surface area contributed by atoms with E-state index in [1.165, 1.54) is 6.21 Å². The predicted molar refractivity (Wildman–Crippen MR) is 75.1 cm³/mol. The molecule has 1 heterocycles. The molecule has 1 aliphatic heterocycles. The number of carbonyl (C=O) groups is 1. The fourth-order valence-electron chi connectivity index (χ4n) is 2.36. The van der Waals surface area contributed by atoms with Crippen molar-refractivity contribution < 1.29 is 10.0 Å². The number of rotatable bonds is 3. The van der Waals surface area contributed by atoms with Gasteiger partial charge >= 0.3 is 0 Å². The van der Waals surface area contributed by atoms with Crippen LogP contribution in [0.25, 0.3) is 5.57 Å². The summed E-state index contributed by atoms with van der Waals surface area (Å²) in [5.74, 6) is -0.0198. The van der Waals surface area contributed by atoms with E-state index < -0.39 is 5.54 Å². The largest absolute Gasteiger partial charge is 0.411 e. The molecular weight excluding hydrogens is 240 g/mol. The molecule has 0 spiro atoms. The lowest BCUT2D eigenvalue weighted by molar-refractivity contribution is -0.126. The van der Waals surface area contributed by atoms with Crippen molar-refractivity contribution in [3.8, 4) is 0 Å². The second kappa shape index (κ2) is 4.88. The van der Waals surface area contributed by atoms with E-state index in [1.54, 1.807) is 4.90 Å². The van der Waals surface area contributed by atoms with E-state index in [2.05, 4.69) is 5.16 Å². The van der Waals surface area contributed by atoms with Crippen molar-refractivity contribution in [3.63, 3.8) is 0 Å². The number of hydrogen-bond acceptors (Lipinski definition) is 3. The lowest BCUT2D eigenvalue weighted by Crippen LogP contribution is -2.47. The standard InChI is InChI=1S/C15H18N2O2/c1-11-9-17(15(2,3)10-16-19)14(18)13(11)12-7-5-4-6-8-12/h4-8,10,19H,9H2,1-3H3. The normalized spacial score (nSPS) is 16.8. The summed E-state index contributed by atoms with van der Waals surface area (Å²) in [5.41, 5.74) is 2.11. The molecule has 0 saturated heterocycles. The molecule has 1 aromatic carbocycles. The molecule has 19 heavy (non-hydrogen) atoms. The lowest BCUT2D eigenvalue weighted by atomic mass is 10.0. The van der Waals surface area contributed by atoms with Crippen molar-refractivity contribution >= 4 is 17.7 Å². The van der Waals surface area contributed by atoms with E-state index in [4.69, 9.17) is 5.21 Å². The zero-order chi connectivity index (χ0) is 14.0. The minimum absolute atomic E-state index is 0.0198. The summed E-state index contributed by atoms with van der Waals surface area (Å²) in [7, 11) is 0. The molecule has 1 aromatic rings. The van der Waals surface area contributed by atoms with Crippen molar-refractivity contribution in [2.75, 3.05) is 6.54 Å². The van der Waals surface area contributed by atoms with E-state index in [9.17, 15) is 4.79 Å². The van der Waals surface area contributed by atoms with Crippen molar-refractivity contribution in [1.82, 2.24) is 4.90 Å². The molecule has 0 atom stereocenters. The molecule has 1 amide bonds. The van der Waals surface area contributed by atoms with Crippen LogP contribution in [0.2, 0.25) is 0 Å². The first-order valence-electron chi connectivity index (χ1n) is 6.23. The molecular formula is C15H18N2O2. The number of amides is 1. The van der Waals surface area contributed by atoms with Crippen molar-refractivity contribution in [3.05, 3.63) is 41.5 Å². The van der Waals surface area contributed by atoms with E-state index >= 15 is 0 Å². The van der Waals surface area contributed by atoms with Gasteiger partial charge in [-0.25, -0.2) is 0 Å². The molecule has 0 aliphatic carbocycles. The van der Waals surface area contributed by atoms with Crippen LogP contribution in [-0.4, -0.2) is 34.3 Å². The summed E-state index contributed by atoms with van der Waals surface area (Å²) in [6.45, 7) is 6.23. The van der Waals surface area contributed by atoms with Crippen LogP contribution in [0, 0.1) is 0 Å². The molecule has 0 aromatic heterocycles. The summed E-state index contributed by atoms with van der Waals surface area (Å²) in [4.78, 5) is 14.3. The SMILES string of the molecule is CC1=C(c2ccccc2)C(=O)N(C(C)(C)C=NO)C1. The van der Waals surface area contributed by atoms with E-state index in [0.29, 0.717) is 6.54 Å². The van der Waals surface area contributed by atoms with Crippen molar-refractivity contribution in [2.45, 2.75) is 26.3 Å². The first-order valence-corrected chi connectivity index (χ1v) is 6.23. The molecule has 2 rings (SSSR count). The average Bonchev–Trinajstić information content (AvgIpc) is 2.67. The maximum absolute atomic E-state index is 12.6. The first kappa shape index (κ1) is 13.3. The number of oxime groups is 1. The van der Waals surface area contributed by atoms with Crippen LogP contribution >= 0.6 is 0 Å². The molecule has 1 aliphatic rings. The van der Waals surface area contributed by atoms with E-state index in [0.717, 1.165) is 16.7 Å². The van der Waals surface area contributed by atoms with Crippen LogP contribution in [0.1, 0.15) is 26.3 Å². The Morgan fingerprint density at radius 3 is 2.53 bits per heavy atom. The van der Waals surface area contributed by atoms with E-state index in [-0.39, 0.29) is 5.91 Å². The minimum Gasteiger partial charge on any atom is -0.411 e. The topological polar surface area (TPSA) is 52.9 Å². The highest BCUT2D eigenvalue weighted by Crippen LogP contribution is 2.31. The van der Waals surface area contributed by atoms with E-state index in [1.807, 2.05) is 51.1 Å². The summed E-state index contributed by atoms with van der Waals surface area (Å²) in [6.07, 6.45) is 1.38.